The Morgan fingerprint density at radius 2 is 1.96 bits per heavy atom. The standard InChI is InChI=1S/C17H17BrClNO3/c1-3-8-23-16-14(18)9-11(10-15(16)22-2)17(21)20-13-6-4-12(19)5-7-13/h4-7,9-10H,3,8H2,1-2H3,(H,20,21). The first-order valence-electron chi connectivity index (χ1n) is 7.12. The van der Waals surface area contributed by atoms with Gasteiger partial charge in [0.1, 0.15) is 0 Å². The molecule has 6 heteroatoms. The molecule has 0 aliphatic carbocycles. The van der Waals surface area contributed by atoms with Crippen LogP contribution in [0.2, 0.25) is 5.02 Å². The van der Waals surface area contributed by atoms with Gasteiger partial charge in [-0.25, -0.2) is 0 Å². The van der Waals surface area contributed by atoms with Crippen LogP contribution >= 0.6 is 27.5 Å². The van der Waals surface area contributed by atoms with Crippen LogP contribution in [0.3, 0.4) is 0 Å². The van der Waals surface area contributed by atoms with Crippen molar-refractivity contribution in [3.8, 4) is 11.5 Å². The molecular weight excluding hydrogens is 382 g/mol. The third kappa shape index (κ3) is 4.62. The second-order valence-electron chi connectivity index (χ2n) is 4.80. The molecule has 2 aromatic carbocycles. The molecule has 0 aliphatic heterocycles. The molecule has 0 fully saturated rings. The first kappa shape index (κ1) is 17.6. The predicted molar refractivity (Wildman–Crippen MR) is 95.9 cm³/mol. The molecule has 0 saturated carbocycles. The molecule has 0 aliphatic rings. The summed E-state index contributed by atoms with van der Waals surface area (Å²) in [5.74, 6) is 0.861. The number of carbonyl (C=O) groups excluding carboxylic acids is 1. The second kappa shape index (κ2) is 8.22. The summed E-state index contributed by atoms with van der Waals surface area (Å²) >= 11 is 9.27. The van der Waals surface area contributed by atoms with Crippen molar-refractivity contribution < 1.29 is 14.3 Å². The summed E-state index contributed by atoms with van der Waals surface area (Å²) in [4.78, 5) is 12.4. The highest BCUT2D eigenvalue weighted by atomic mass is 79.9. The fourth-order valence-electron chi connectivity index (χ4n) is 1.93. The Hall–Kier alpha value is -1.72. The van der Waals surface area contributed by atoms with Gasteiger partial charge in [-0.05, 0) is 58.7 Å². The van der Waals surface area contributed by atoms with Crippen molar-refractivity contribution in [1.29, 1.82) is 0 Å². The van der Waals surface area contributed by atoms with Crippen molar-refractivity contribution >= 4 is 39.1 Å². The van der Waals surface area contributed by atoms with Gasteiger partial charge in [0.2, 0.25) is 0 Å². The lowest BCUT2D eigenvalue weighted by Gasteiger charge is -2.14. The summed E-state index contributed by atoms with van der Waals surface area (Å²) in [7, 11) is 1.54. The van der Waals surface area contributed by atoms with Gasteiger partial charge in [-0.1, -0.05) is 18.5 Å². The molecule has 0 atom stereocenters. The van der Waals surface area contributed by atoms with Crippen LogP contribution < -0.4 is 14.8 Å². The van der Waals surface area contributed by atoms with E-state index in [1.807, 2.05) is 6.92 Å². The third-order valence-electron chi connectivity index (χ3n) is 3.04. The van der Waals surface area contributed by atoms with Gasteiger partial charge < -0.3 is 14.8 Å². The Morgan fingerprint density at radius 1 is 1.26 bits per heavy atom. The van der Waals surface area contributed by atoms with E-state index in [0.29, 0.717) is 38.9 Å². The Morgan fingerprint density at radius 3 is 2.57 bits per heavy atom. The molecule has 0 heterocycles. The van der Waals surface area contributed by atoms with E-state index in [2.05, 4.69) is 21.2 Å². The zero-order valence-corrected chi connectivity index (χ0v) is 15.2. The fraction of sp³-hybridized carbons (Fsp3) is 0.235. The topological polar surface area (TPSA) is 47.6 Å². The van der Waals surface area contributed by atoms with Gasteiger partial charge in [0.15, 0.2) is 11.5 Å². The zero-order chi connectivity index (χ0) is 16.8. The molecule has 0 spiro atoms. The van der Waals surface area contributed by atoms with Crippen LogP contribution in [0.1, 0.15) is 23.7 Å². The molecule has 23 heavy (non-hydrogen) atoms. The fourth-order valence-corrected chi connectivity index (χ4v) is 2.61. The summed E-state index contributed by atoms with van der Waals surface area (Å²) in [5.41, 5.74) is 1.13. The molecule has 0 unspecified atom stereocenters. The third-order valence-corrected chi connectivity index (χ3v) is 3.89. The van der Waals surface area contributed by atoms with Gasteiger partial charge >= 0.3 is 0 Å². The van der Waals surface area contributed by atoms with Crippen LogP contribution in [-0.4, -0.2) is 19.6 Å². The van der Waals surface area contributed by atoms with E-state index >= 15 is 0 Å². The molecular formula is C17H17BrClNO3. The summed E-state index contributed by atoms with van der Waals surface area (Å²) < 4.78 is 11.7. The number of amides is 1. The number of hydrogen-bond acceptors (Lipinski definition) is 3. The minimum absolute atomic E-state index is 0.242. The van der Waals surface area contributed by atoms with Crippen molar-refractivity contribution in [3.63, 3.8) is 0 Å². The number of ether oxygens (including phenoxy) is 2. The number of rotatable bonds is 6. The minimum atomic E-state index is -0.242. The molecule has 0 saturated heterocycles. The maximum Gasteiger partial charge on any atom is 0.255 e. The monoisotopic (exact) mass is 397 g/mol. The van der Waals surface area contributed by atoms with Crippen molar-refractivity contribution in [1.82, 2.24) is 0 Å². The quantitative estimate of drug-likeness (QED) is 0.732. The molecule has 2 aromatic rings. The van der Waals surface area contributed by atoms with E-state index in [1.165, 1.54) is 0 Å². The maximum absolute atomic E-state index is 12.4. The molecule has 1 amide bonds. The SMILES string of the molecule is CCCOc1c(Br)cc(C(=O)Nc2ccc(Cl)cc2)cc1OC. The smallest absolute Gasteiger partial charge is 0.255 e. The summed E-state index contributed by atoms with van der Waals surface area (Å²) in [5, 5.41) is 3.43. The highest BCUT2D eigenvalue weighted by Gasteiger charge is 2.15. The molecule has 1 N–H and O–H groups in total. The molecule has 4 nitrogen and oxygen atoms in total. The Kier molecular flexibility index (Phi) is 6.30. The number of methoxy groups -OCH3 is 1. The Bertz CT molecular complexity index is 689. The number of carbonyl (C=O) groups is 1. The van der Waals surface area contributed by atoms with Gasteiger partial charge in [0, 0.05) is 16.3 Å². The first-order valence-corrected chi connectivity index (χ1v) is 8.29. The normalized spacial score (nSPS) is 10.3. The van der Waals surface area contributed by atoms with Gasteiger partial charge in [-0.3, -0.25) is 4.79 Å². The largest absolute Gasteiger partial charge is 0.493 e. The minimum Gasteiger partial charge on any atom is -0.493 e. The number of halogens is 2. The van der Waals surface area contributed by atoms with Crippen LogP contribution in [0.15, 0.2) is 40.9 Å². The Balaban J connectivity index is 2.23. The molecule has 0 aromatic heterocycles. The predicted octanol–water partition coefficient (Wildman–Crippen LogP) is 5.15. The van der Waals surface area contributed by atoms with Gasteiger partial charge in [-0.15, -0.1) is 0 Å². The van der Waals surface area contributed by atoms with Crippen LogP contribution in [0.25, 0.3) is 0 Å². The van der Waals surface area contributed by atoms with Crippen LogP contribution in [0, 0.1) is 0 Å². The number of nitrogens with one attached hydrogen (secondary N) is 1. The van der Waals surface area contributed by atoms with Crippen LogP contribution in [0.4, 0.5) is 5.69 Å². The van der Waals surface area contributed by atoms with Crippen molar-refractivity contribution in [2.75, 3.05) is 19.0 Å². The number of anilines is 1. The van der Waals surface area contributed by atoms with Crippen molar-refractivity contribution in [2.24, 2.45) is 0 Å². The first-order chi connectivity index (χ1) is 11.0. The van der Waals surface area contributed by atoms with Crippen molar-refractivity contribution in [3.05, 3.63) is 51.5 Å². The average molecular weight is 399 g/mol. The molecule has 0 radical (unpaired) electrons. The van der Waals surface area contributed by atoms with Crippen LogP contribution in [-0.2, 0) is 0 Å². The summed E-state index contributed by atoms with van der Waals surface area (Å²) in [6.45, 7) is 2.60. The summed E-state index contributed by atoms with van der Waals surface area (Å²) in [6.07, 6.45) is 0.883. The van der Waals surface area contributed by atoms with E-state index < -0.39 is 0 Å². The number of hydrogen-bond donors (Lipinski definition) is 1. The molecule has 122 valence electrons. The van der Waals surface area contributed by atoms with Crippen molar-refractivity contribution in [2.45, 2.75) is 13.3 Å². The lowest BCUT2D eigenvalue weighted by atomic mass is 10.1. The second-order valence-corrected chi connectivity index (χ2v) is 6.09. The van der Waals surface area contributed by atoms with Gasteiger partial charge in [0.05, 0.1) is 18.2 Å². The Labute approximate surface area is 148 Å². The van der Waals surface area contributed by atoms with Gasteiger partial charge in [0.25, 0.3) is 5.91 Å². The van der Waals surface area contributed by atoms with Gasteiger partial charge in [-0.2, -0.15) is 0 Å². The highest BCUT2D eigenvalue weighted by Crippen LogP contribution is 2.37. The van der Waals surface area contributed by atoms with E-state index in [9.17, 15) is 4.79 Å². The lowest BCUT2D eigenvalue weighted by Crippen LogP contribution is -2.12. The van der Waals surface area contributed by atoms with Crippen LogP contribution in [0.5, 0.6) is 11.5 Å². The zero-order valence-electron chi connectivity index (χ0n) is 12.9. The highest BCUT2D eigenvalue weighted by molar-refractivity contribution is 9.10. The molecule has 2 rings (SSSR count). The molecule has 0 bridgehead atoms. The lowest BCUT2D eigenvalue weighted by molar-refractivity contribution is 0.102. The van der Waals surface area contributed by atoms with E-state index in [-0.39, 0.29) is 5.91 Å². The average Bonchev–Trinajstić information content (AvgIpc) is 2.55. The van der Waals surface area contributed by atoms with E-state index in [0.717, 1.165) is 6.42 Å². The van der Waals surface area contributed by atoms with E-state index in [1.54, 1.807) is 43.5 Å². The number of benzene rings is 2. The van der Waals surface area contributed by atoms with E-state index in [4.69, 9.17) is 21.1 Å². The summed E-state index contributed by atoms with van der Waals surface area (Å²) in [6, 6.07) is 10.3. The maximum atomic E-state index is 12.4.